The maximum absolute atomic E-state index is 6.30. The standard InChI is InChI=1S/C18H18ClN5/c1-11-8-12(2)24(23-11)18-10-20-9-17(22-18)21-16-7-6-13-14(16)4-3-5-15(13)19/h3-5,8-10,16H,6-7H2,1-2H3,(H,21,22). The Balaban J connectivity index is 1.62. The van der Waals surface area contributed by atoms with Gasteiger partial charge in [0, 0.05) is 10.7 Å². The van der Waals surface area contributed by atoms with Crippen molar-refractivity contribution < 1.29 is 0 Å². The molecule has 0 saturated heterocycles. The summed E-state index contributed by atoms with van der Waals surface area (Å²) in [5.41, 5.74) is 4.49. The number of fused-ring (bicyclic) bond motifs is 1. The predicted molar refractivity (Wildman–Crippen MR) is 94.8 cm³/mol. The summed E-state index contributed by atoms with van der Waals surface area (Å²) < 4.78 is 1.81. The van der Waals surface area contributed by atoms with Gasteiger partial charge in [-0.05, 0) is 49.9 Å². The molecule has 0 saturated carbocycles. The average Bonchev–Trinajstić information content (AvgIpc) is 3.12. The van der Waals surface area contributed by atoms with Gasteiger partial charge in [0.05, 0.1) is 24.1 Å². The molecule has 3 aromatic rings. The number of benzene rings is 1. The van der Waals surface area contributed by atoms with E-state index in [2.05, 4.69) is 26.4 Å². The molecule has 24 heavy (non-hydrogen) atoms. The molecule has 0 bridgehead atoms. The highest BCUT2D eigenvalue weighted by atomic mass is 35.5. The molecular weight excluding hydrogens is 322 g/mol. The zero-order valence-corrected chi connectivity index (χ0v) is 14.4. The average molecular weight is 340 g/mol. The monoisotopic (exact) mass is 339 g/mol. The zero-order chi connectivity index (χ0) is 16.7. The fourth-order valence-electron chi connectivity index (χ4n) is 3.33. The van der Waals surface area contributed by atoms with Gasteiger partial charge in [-0.3, -0.25) is 4.98 Å². The van der Waals surface area contributed by atoms with Crippen molar-refractivity contribution >= 4 is 17.4 Å². The summed E-state index contributed by atoms with van der Waals surface area (Å²) in [6, 6.07) is 8.32. The van der Waals surface area contributed by atoms with Crippen LogP contribution in [0.5, 0.6) is 0 Å². The van der Waals surface area contributed by atoms with E-state index in [1.165, 1.54) is 11.1 Å². The molecule has 0 amide bonds. The number of aromatic nitrogens is 4. The van der Waals surface area contributed by atoms with E-state index in [1.54, 1.807) is 12.4 Å². The van der Waals surface area contributed by atoms with Crippen molar-refractivity contribution in [2.45, 2.75) is 32.7 Å². The van der Waals surface area contributed by atoms with Gasteiger partial charge in [0.15, 0.2) is 5.82 Å². The number of anilines is 1. The quantitative estimate of drug-likeness (QED) is 0.782. The van der Waals surface area contributed by atoms with Crippen LogP contribution in [0.15, 0.2) is 36.7 Å². The minimum atomic E-state index is 0.212. The van der Waals surface area contributed by atoms with E-state index in [4.69, 9.17) is 11.6 Å². The highest BCUT2D eigenvalue weighted by Gasteiger charge is 2.24. The second kappa shape index (κ2) is 5.91. The molecule has 6 heteroatoms. The first-order valence-electron chi connectivity index (χ1n) is 8.01. The lowest BCUT2D eigenvalue weighted by atomic mass is 10.1. The SMILES string of the molecule is Cc1cc(C)n(-c2cncc(NC3CCc4c(Cl)cccc43)n2)n1. The lowest BCUT2D eigenvalue weighted by molar-refractivity contribution is 0.749. The van der Waals surface area contributed by atoms with Crippen LogP contribution in [0.2, 0.25) is 5.02 Å². The van der Waals surface area contributed by atoms with Crippen molar-refractivity contribution in [3.05, 3.63) is 64.2 Å². The van der Waals surface area contributed by atoms with Gasteiger partial charge in [-0.15, -0.1) is 0 Å². The van der Waals surface area contributed by atoms with E-state index in [0.29, 0.717) is 0 Å². The van der Waals surface area contributed by atoms with Crippen LogP contribution >= 0.6 is 11.6 Å². The van der Waals surface area contributed by atoms with E-state index in [1.807, 2.05) is 36.7 Å². The highest BCUT2D eigenvalue weighted by molar-refractivity contribution is 6.31. The van der Waals surface area contributed by atoms with E-state index in [-0.39, 0.29) is 6.04 Å². The van der Waals surface area contributed by atoms with Crippen molar-refractivity contribution in [1.29, 1.82) is 0 Å². The highest BCUT2D eigenvalue weighted by Crippen LogP contribution is 2.37. The summed E-state index contributed by atoms with van der Waals surface area (Å²) in [7, 11) is 0. The van der Waals surface area contributed by atoms with Crippen LogP contribution in [0.4, 0.5) is 5.82 Å². The number of hydrogen-bond donors (Lipinski definition) is 1. The molecule has 0 aliphatic heterocycles. The normalized spacial score (nSPS) is 16.2. The van der Waals surface area contributed by atoms with Gasteiger partial charge in [0.25, 0.3) is 0 Å². The van der Waals surface area contributed by atoms with E-state index >= 15 is 0 Å². The molecular formula is C18H18ClN5. The van der Waals surface area contributed by atoms with Crippen LogP contribution in [0.25, 0.3) is 5.82 Å². The van der Waals surface area contributed by atoms with E-state index < -0.39 is 0 Å². The molecule has 1 aliphatic carbocycles. The molecule has 0 fully saturated rings. The number of nitrogens with one attached hydrogen (secondary N) is 1. The summed E-state index contributed by atoms with van der Waals surface area (Å²) in [4.78, 5) is 8.98. The fourth-order valence-corrected chi connectivity index (χ4v) is 3.60. The van der Waals surface area contributed by atoms with Gasteiger partial charge < -0.3 is 5.32 Å². The molecule has 1 unspecified atom stereocenters. The van der Waals surface area contributed by atoms with Crippen molar-refractivity contribution in [2.75, 3.05) is 5.32 Å². The largest absolute Gasteiger partial charge is 0.362 e. The van der Waals surface area contributed by atoms with Gasteiger partial charge in [0.1, 0.15) is 5.82 Å². The molecule has 2 heterocycles. The summed E-state index contributed by atoms with van der Waals surface area (Å²) in [5.74, 6) is 1.47. The molecule has 1 N–H and O–H groups in total. The molecule has 122 valence electrons. The summed E-state index contributed by atoms with van der Waals surface area (Å²) in [5, 5.41) is 8.80. The molecule has 1 aromatic carbocycles. The third-order valence-electron chi connectivity index (χ3n) is 4.38. The second-order valence-corrected chi connectivity index (χ2v) is 6.55. The van der Waals surface area contributed by atoms with Crippen LogP contribution in [0.1, 0.15) is 35.0 Å². The first-order chi connectivity index (χ1) is 11.6. The summed E-state index contributed by atoms with van der Waals surface area (Å²) in [6.45, 7) is 3.98. The molecule has 1 aliphatic rings. The topological polar surface area (TPSA) is 55.6 Å². The van der Waals surface area contributed by atoms with E-state index in [0.717, 1.165) is 40.9 Å². The van der Waals surface area contributed by atoms with Crippen molar-refractivity contribution in [3.8, 4) is 5.82 Å². The molecule has 5 nitrogen and oxygen atoms in total. The number of nitrogens with zero attached hydrogens (tertiary/aromatic N) is 4. The van der Waals surface area contributed by atoms with Crippen molar-refractivity contribution in [1.82, 2.24) is 19.7 Å². The van der Waals surface area contributed by atoms with Gasteiger partial charge >= 0.3 is 0 Å². The third-order valence-corrected chi connectivity index (χ3v) is 4.74. The Kier molecular flexibility index (Phi) is 3.73. The predicted octanol–water partition coefficient (Wildman–Crippen LogP) is 4.03. The Morgan fingerprint density at radius 1 is 1.25 bits per heavy atom. The Hall–Kier alpha value is -2.40. The number of aryl methyl sites for hydroxylation is 2. The van der Waals surface area contributed by atoms with Crippen molar-refractivity contribution in [2.24, 2.45) is 0 Å². The maximum atomic E-state index is 6.30. The second-order valence-electron chi connectivity index (χ2n) is 6.14. The number of hydrogen-bond acceptors (Lipinski definition) is 4. The Bertz CT molecular complexity index is 902. The van der Waals surface area contributed by atoms with Gasteiger partial charge in [0.2, 0.25) is 0 Å². The van der Waals surface area contributed by atoms with Crippen LogP contribution in [0.3, 0.4) is 0 Å². The zero-order valence-electron chi connectivity index (χ0n) is 13.6. The molecule has 4 rings (SSSR count). The number of rotatable bonds is 3. The maximum Gasteiger partial charge on any atom is 0.174 e. The van der Waals surface area contributed by atoms with Crippen LogP contribution in [-0.2, 0) is 6.42 Å². The molecule has 0 spiro atoms. The Labute approximate surface area is 145 Å². The van der Waals surface area contributed by atoms with E-state index in [9.17, 15) is 0 Å². The van der Waals surface area contributed by atoms with Gasteiger partial charge in [-0.1, -0.05) is 23.7 Å². The van der Waals surface area contributed by atoms with Gasteiger partial charge in [-0.25, -0.2) is 9.67 Å². The van der Waals surface area contributed by atoms with Crippen LogP contribution < -0.4 is 5.32 Å². The van der Waals surface area contributed by atoms with Gasteiger partial charge in [-0.2, -0.15) is 5.10 Å². The lowest BCUT2D eigenvalue weighted by Crippen LogP contribution is -2.11. The van der Waals surface area contributed by atoms with Crippen LogP contribution in [-0.4, -0.2) is 19.7 Å². The third kappa shape index (κ3) is 2.65. The molecule has 1 atom stereocenters. The Morgan fingerprint density at radius 3 is 2.92 bits per heavy atom. The first-order valence-corrected chi connectivity index (χ1v) is 8.39. The smallest absolute Gasteiger partial charge is 0.174 e. The number of halogens is 1. The lowest BCUT2D eigenvalue weighted by Gasteiger charge is -2.15. The minimum absolute atomic E-state index is 0.212. The molecule has 0 radical (unpaired) electrons. The summed E-state index contributed by atoms with van der Waals surface area (Å²) in [6.07, 6.45) is 5.46. The summed E-state index contributed by atoms with van der Waals surface area (Å²) >= 11 is 6.30. The fraction of sp³-hybridized carbons (Fsp3) is 0.278. The minimum Gasteiger partial charge on any atom is -0.362 e. The molecule has 2 aromatic heterocycles. The van der Waals surface area contributed by atoms with Crippen molar-refractivity contribution in [3.63, 3.8) is 0 Å². The Morgan fingerprint density at radius 2 is 2.12 bits per heavy atom. The van der Waals surface area contributed by atoms with Crippen LogP contribution in [0, 0.1) is 13.8 Å². The first kappa shape index (κ1) is 15.1.